The average Bonchev–Trinajstić information content (AvgIpc) is 2.35. The molecule has 1 heterocycles. The van der Waals surface area contributed by atoms with Crippen molar-refractivity contribution in [2.75, 3.05) is 6.54 Å². The molecule has 1 N–H and O–H groups in total. The summed E-state index contributed by atoms with van der Waals surface area (Å²) in [6.07, 6.45) is 3.26. The fourth-order valence-electron chi connectivity index (χ4n) is 2.27. The molecule has 2 rings (SSSR count). The van der Waals surface area contributed by atoms with Crippen LogP contribution in [0.3, 0.4) is 0 Å². The van der Waals surface area contributed by atoms with Gasteiger partial charge in [-0.1, -0.05) is 12.2 Å². The molecular formula is C12H17NO4. The summed E-state index contributed by atoms with van der Waals surface area (Å²) in [5.41, 5.74) is -0.602. The number of carboxylic acid groups (broad SMARTS) is 1. The van der Waals surface area contributed by atoms with Crippen LogP contribution < -0.4 is 0 Å². The number of nitrogens with zero attached hydrogens (tertiary/aromatic N) is 1. The molecule has 0 saturated carbocycles. The number of hydrogen-bond donors (Lipinski definition) is 1. The first-order valence-corrected chi connectivity index (χ1v) is 5.70. The number of ether oxygens (including phenoxy) is 1. The average molecular weight is 239 g/mol. The fraction of sp³-hybridized carbons (Fsp3) is 0.667. The molecule has 17 heavy (non-hydrogen) atoms. The van der Waals surface area contributed by atoms with Gasteiger partial charge in [0.2, 0.25) is 0 Å². The Morgan fingerprint density at radius 2 is 2.00 bits per heavy atom. The molecule has 1 fully saturated rings. The van der Waals surface area contributed by atoms with Gasteiger partial charge in [-0.15, -0.1) is 0 Å². The normalized spacial score (nSPS) is 30.8. The Kier molecular flexibility index (Phi) is 2.64. The zero-order chi connectivity index (χ0) is 12.8. The van der Waals surface area contributed by atoms with Gasteiger partial charge in [0, 0.05) is 18.4 Å². The Balaban J connectivity index is 2.11. The Morgan fingerprint density at radius 3 is 2.41 bits per heavy atom. The fourth-order valence-corrected chi connectivity index (χ4v) is 2.27. The van der Waals surface area contributed by atoms with Crippen LogP contribution in [0.15, 0.2) is 12.2 Å². The first-order chi connectivity index (χ1) is 7.79. The summed E-state index contributed by atoms with van der Waals surface area (Å²) < 4.78 is 5.22. The maximum Gasteiger partial charge on any atom is 0.411 e. The molecule has 0 unspecified atom stereocenters. The van der Waals surface area contributed by atoms with Gasteiger partial charge in [0.05, 0.1) is 0 Å². The lowest BCUT2D eigenvalue weighted by atomic mass is 9.81. The molecule has 5 nitrogen and oxygen atoms in total. The smallest absolute Gasteiger partial charge is 0.411 e. The highest BCUT2D eigenvalue weighted by atomic mass is 16.6. The molecule has 0 radical (unpaired) electrons. The van der Waals surface area contributed by atoms with Crippen molar-refractivity contribution in [1.82, 2.24) is 4.90 Å². The van der Waals surface area contributed by atoms with E-state index in [0.29, 0.717) is 6.54 Å². The zero-order valence-electron chi connectivity index (χ0n) is 10.2. The van der Waals surface area contributed by atoms with Crippen LogP contribution in [0.25, 0.3) is 0 Å². The lowest BCUT2D eigenvalue weighted by molar-refractivity contribution is -0.143. The molecule has 0 aromatic rings. The van der Waals surface area contributed by atoms with Gasteiger partial charge >= 0.3 is 12.1 Å². The van der Waals surface area contributed by atoms with Crippen molar-refractivity contribution in [3.8, 4) is 0 Å². The van der Waals surface area contributed by atoms with E-state index in [0.717, 1.165) is 0 Å². The van der Waals surface area contributed by atoms with E-state index in [1.165, 1.54) is 4.90 Å². The second-order valence-corrected chi connectivity index (χ2v) is 5.54. The highest BCUT2D eigenvalue weighted by Crippen LogP contribution is 2.39. The number of likely N-dealkylation sites (tertiary alicyclic amines) is 1. The van der Waals surface area contributed by atoms with Crippen LogP contribution in [0.2, 0.25) is 0 Å². The Morgan fingerprint density at radius 1 is 1.35 bits per heavy atom. The third-order valence-electron chi connectivity index (χ3n) is 3.06. The van der Waals surface area contributed by atoms with Crippen LogP contribution in [-0.4, -0.2) is 40.3 Å². The number of amides is 1. The molecular weight excluding hydrogens is 222 g/mol. The van der Waals surface area contributed by atoms with Crippen LogP contribution in [-0.2, 0) is 9.53 Å². The molecule has 0 aromatic heterocycles. The largest absolute Gasteiger partial charge is 0.480 e. The van der Waals surface area contributed by atoms with E-state index in [-0.39, 0.29) is 11.8 Å². The summed E-state index contributed by atoms with van der Waals surface area (Å²) in [6, 6.07) is -0.778. The van der Waals surface area contributed by atoms with Gasteiger partial charge in [0.25, 0.3) is 0 Å². The van der Waals surface area contributed by atoms with Crippen LogP contribution in [0.4, 0.5) is 4.79 Å². The standard InChI is InChI=1S/C12H17NO4/c1-12(2,3)17-11(16)13-6-7-4-5-8(7)9(13)10(14)15/h4-5,7-9H,6H2,1-3H3,(H,14,15)/t7-,8-,9+/m1/s1. The molecule has 3 atom stereocenters. The van der Waals surface area contributed by atoms with E-state index in [1.54, 1.807) is 20.8 Å². The summed E-state index contributed by atoms with van der Waals surface area (Å²) in [6.45, 7) is 5.74. The summed E-state index contributed by atoms with van der Waals surface area (Å²) in [4.78, 5) is 24.4. The van der Waals surface area contributed by atoms with Crippen LogP contribution in [0.1, 0.15) is 20.8 Å². The van der Waals surface area contributed by atoms with Gasteiger partial charge in [0.15, 0.2) is 0 Å². The first kappa shape index (κ1) is 12.0. The summed E-state index contributed by atoms with van der Waals surface area (Å²) >= 11 is 0. The van der Waals surface area contributed by atoms with Gasteiger partial charge in [0.1, 0.15) is 11.6 Å². The topological polar surface area (TPSA) is 66.8 Å². The number of hydrogen-bond acceptors (Lipinski definition) is 3. The van der Waals surface area contributed by atoms with Crippen LogP contribution in [0.5, 0.6) is 0 Å². The second kappa shape index (κ2) is 3.75. The molecule has 0 aromatic carbocycles. The maximum absolute atomic E-state index is 11.9. The molecule has 5 heteroatoms. The zero-order valence-corrected chi connectivity index (χ0v) is 10.2. The monoisotopic (exact) mass is 239 g/mol. The summed E-state index contributed by atoms with van der Waals surface area (Å²) in [5, 5.41) is 9.17. The SMILES string of the molecule is CC(C)(C)OC(=O)N1C[C@H]2C=C[C@H]2[C@H]1C(=O)O. The van der Waals surface area contributed by atoms with Crippen molar-refractivity contribution in [2.24, 2.45) is 11.8 Å². The van der Waals surface area contributed by atoms with E-state index >= 15 is 0 Å². The Bertz CT molecular complexity index is 382. The van der Waals surface area contributed by atoms with Crippen molar-refractivity contribution < 1.29 is 19.4 Å². The van der Waals surface area contributed by atoms with Gasteiger partial charge in [-0.25, -0.2) is 9.59 Å². The minimum absolute atomic E-state index is 0.0555. The number of carbonyl (C=O) groups excluding carboxylic acids is 1. The molecule has 1 aliphatic heterocycles. The third kappa shape index (κ3) is 2.14. The maximum atomic E-state index is 11.9. The molecule has 1 saturated heterocycles. The molecule has 0 spiro atoms. The van der Waals surface area contributed by atoms with Crippen molar-refractivity contribution in [3.63, 3.8) is 0 Å². The predicted octanol–water partition coefficient (Wildman–Crippen LogP) is 1.49. The van der Waals surface area contributed by atoms with Crippen LogP contribution in [0, 0.1) is 11.8 Å². The van der Waals surface area contributed by atoms with E-state index in [9.17, 15) is 9.59 Å². The van der Waals surface area contributed by atoms with E-state index in [4.69, 9.17) is 9.84 Å². The van der Waals surface area contributed by atoms with Crippen LogP contribution >= 0.6 is 0 Å². The Labute approximate surface area is 100 Å². The number of carbonyl (C=O) groups is 2. The van der Waals surface area contributed by atoms with Crippen molar-refractivity contribution in [2.45, 2.75) is 32.4 Å². The molecule has 0 bridgehead atoms. The van der Waals surface area contributed by atoms with Gasteiger partial charge < -0.3 is 9.84 Å². The van der Waals surface area contributed by atoms with E-state index < -0.39 is 23.7 Å². The number of rotatable bonds is 1. The lowest BCUT2D eigenvalue weighted by Gasteiger charge is -2.28. The highest BCUT2D eigenvalue weighted by molar-refractivity contribution is 5.82. The molecule has 1 aliphatic carbocycles. The van der Waals surface area contributed by atoms with E-state index in [2.05, 4.69) is 0 Å². The number of aliphatic carboxylic acids is 1. The summed E-state index contributed by atoms with van der Waals surface area (Å²) in [5.74, 6) is -0.851. The highest BCUT2D eigenvalue weighted by Gasteiger charge is 2.50. The first-order valence-electron chi connectivity index (χ1n) is 5.70. The predicted molar refractivity (Wildman–Crippen MR) is 60.5 cm³/mol. The molecule has 2 aliphatic rings. The molecule has 1 amide bonds. The minimum atomic E-state index is -0.965. The number of fused-ring (bicyclic) bond motifs is 1. The quantitative estimate of drug-likeness (QED) is 0.704. The van der Waals surface area contributed by atoms with E-state index in [1.807, 2.05) is 12.2 Å². The summed E-state index contributed by atoms with van der Waals surface area (Å²) in [7, 11) is 0. The van der Waals surface area contributed by atoms with Gasteiger partial charge in [-0.05, 0) is 20.8 Å². The third-order valence-corrected chi connectivity index (χ3v) is 3.06. The second-order valence-electron chi connectivity index (χ2n) is 5.54. The van der Waals surface area contributed by atoms with Gasteiger partial charge in [-0.3, -0.25) is 4.90 Å². The van der Waals surface area contributed by atoms with Crippen molar-refractivity contribution >= 4 is 12.1 Å². The minimum Gasteiger partial charge on any atom is -0.480 e. The lowest BCUT2D eigenvalue weighted by Crippen LogP contribution is -2.45. The van der Waals surface area contributed by atoms with Gasteiger partial charge in [-0.2, -0.15) is 0 Å². The number of carboxylic acids is 1. The Hall–Kier alpha value is -1.52. The molecule has 94 valence electrons. The van der Waals surface area contributed by atoms with Crippen molar-refractivity contribution in [3.05, 3.63) is 12.2 Å². The van der Waals surface area contributed by atoms with Crippen molar-refractivity contribution in [1.29, 1.82) is 0 Å².